The maximum Gasteiger partial charge on any atom is 0.416 e. The molecule has 124 valence electrons. The van der Waals surface area contributed by atoms with Gasteiger partial charge in [-0.05, 0) is 35.9 Å². The van der Waals surface area contributed by atoms with E-state index in [0.29, 0.717) is 10.8 Å². The minimum Gasteiger partial charge on any atom is -0.331 e. The average Bonchev–Trinajstić information content (AvgIpc) is 3.02. The first-order chi connectivity index (χ1) is 11.3. The van der Waals surface area contributed by atoms with Gasteiger partial charge in [0.15, 0.2) is 16.8 Å². The molecule has 0 saturated carbocycles. The molecule has 0 aliphatic heterocycles. The Kier molecular flexibility index (Phi) is 4.23. The molecule has 1 N–H and O–H groups in total. The summed E-state index contributed by atoms with van der Waals surface area (Å²) in [5, 5.41) is 5.06. The van der Waals surface area contributed by atoms with Crippen molar-refractivity contribution in [3.63, 3.8) is 0 Å². The summed E-state index contributed by atoms with van der Waals surface area (Å²) in [6.45, 7) is 0. The van der Waals surface area contributed by atoms with Crippen molar-refractivity contribution in [2.45, 2.75) is 6.18 Å². The minimum absolute atomic E-state index is 0.0962. The zero-order chi connectivity index (χ0) is 17.3. The van der Waals surface area contributed by atoms with Crippen LogP contribution in [-0.4, -0.2) is 4.98 Å². The quantitative estimate of drug-likeness (QED) is 0.596. The van der Waals surface area contributed by atoms with Crippen LogP contribution in [0.1, 0.15) is 5.56 Å². The largest absolute Gasteiger partial charge is 0.416 e. The predicted molar refractivity (Wildman–Crippen MR) is 82.2 cm³/mol. The molecule has 3 rings (SSSR count). The molecular weight excluding hydrogens is 347 g/mol. The van der Waals surface area contributed by atoms with E-state index in [2.05, 4.69) is 10.3 Å². The first-order valence-electron chi connectivity index (χ1n) is 6.68. The predicted octanol–water partition coefficient (Wildman–Crippen LogP) is 5.85. The van der Waals surface area contributed by atoms with Crippen LogP contribution in [0.15, 0.2) is 48.0 Å². The molecule has 8 heteroatoms. The fraction of sp³-hybridized carbons (Fsp3) is 0.0625. The molecular formula is C16H9F5N2S. The number of nitrogens with one attached hydrogen (secondary N) is 1. The van der Waals surface area contributed by atoms with Crippen LogP contribution < -0.4 is 5.32 Å². The minimum atomic E-state index is -4.55. The van der Waals surface area contributed by atoms with Gasteiger partial charge < -0.3 is 5.32 Å². The Morgan fingerprint density at radius 1 is 0.958 bits per heavy atom. The number of aromatic nitrogens is 1. The van der Waals surface area contributed by atoms with Gasteiger partial charge in [0, 0.05) is 22.8 Å². The van der Waals surface area contributed by atoms with Gasteiger partial charge >= 0.3 is 6.18 Å². The molecule has 1 aromatic heterocycles. The zero-order valence-electron chi connectivity index (χ0n) is 11.9. The lowest BCUT2D eigenvalue weighted by atomic mass is 10.0. The first-order valence-corrected chi connectivity index (χ1v) is 7.56. The average molecular weight is 356 g/mol. The normalized spacial score (nSPS) is 11.5. The molecule has 0 aliphatic carbocycles. The fourth-order valence-corrected chi connectivity index (χ4v) is 2.67. The molecule has 0 spiro atoms. The van der Waals surface area contributed by atoms with Gasteiger partial charge in [0.2, 0.25) is 0 Å². The number of nitrogens with zero attached hydrogens (tertiary/aromatic N) is 1. The van der Waals surface area contributed by atoms with Gasteiger partial charge in [-0.1, -0.05) is 6.07 Å². The Morgan fingerprint density at radius 2 is 1.75 bits per heavy atom. The third kappa shape index (κ3) is 3.38. The van der Waals surface area contributed by atoms with E-state index in [1.54, 1.807) is 5.38 Å². The molecule has 2 aromatic carbocycles. The number of hydrogen-bond acceptors (Lipinski definition) is 3. The smallest absolute Gasteiger partial charge is 0.331 e. The number of halogens is 5. The van der Waals surface area contributed by atoms with Crippen molar-refractivity contribution in [2.75, 3.05) is 5.32 Å². The Balaban J connectivity index is 2.12. The summed E-state index contributed by atoms with van der Waals surface area (Å²) in [7, 11) is 0. The second-order valence-corrected chi connectivity index (χ2v) is 5.74. The summed E-state index contributed by atoms with van der Waals surface area (Å²) < 4.78 is 65.5. The second kappa shape index (κ2) is 6.20. The molecule has 0 fully saturated rings. The summed E-state index contributed by atoms with van der Waals surface area (Å²) in [5.41, 5.74) is -0.353. The third-order valence-electron chi connectivity index (χ3n) is 3.25. The molecule has 0 unspecified atom stereocenters. The van der Waals surface area contributed by atoms with Crippen LogP contribution in [-0.2, 0) is 6.18 Å². The SMILES string of the molecule is Fc1ccc(-c2cc(C(F)(F)F)ccc2Nc2nccs2)cc1F. The van der Waals surface area contributed by atoms with Gasteiger partial charge in [-0.3, -0.25) is 0 Å². The molecule has 0 saturated heterocycles. The van der Waals surface area contributed by atoms with E-state index in [0.717, 1.165) is 24.3 Å². The summed E-state index contributed by atoms with van der Waals surface area (Å²) >= 11 is 1.26. The van der Waals surface area contributed by atoms with Crippen LogP contribution >= 0.6 is 11.3 Å². The second-order valence-electron chi connectivity index (χ2n) is 4.85. The Bertz CT molecular complexity index is 859. The van der Waals surface area contributed by atoms with Crippen LogP contribution in [0.25, 0.3) is 11.1 Å². The number of anilines is 2. The number of thiazole rings is 1. The molecule has 0 aliphatic rings. The molecule has 1 heterocycles. The third-order valence-corrected chi connectivity index (χ3v) is 3.94. The summed E-state index contributed by atoms with van der Waals surface area (Å²) in [4.78, 5) is 4.00. The van der Waals surface area contributed by atoms with Crippen molar-refractivity contribution in [1.82, 2.24) is 4.98 Å². The number of hydrogen-bond donors (Lipinski definition) is 1. The van der Waals surface area contributed by atoms with Crippen LogP contribution in [0, 0.1) is 11.6 Å². The number of rotatable bonds is 3. The standard InChI is InChI=1S/C16H9F5N2S/c17-12-3-1-9(7-13(12)18)11-8-10(16(19,20)21)2-4-14(11)23-15-22-5-6-24-15/h1-8H,(H,22,23). The molecule has 0 atom stereocenters. The van der Waals surface area contributed by atoms with E-state index >= 15 is 0 Å². The highest BCUT2D eigenvalue weighted by Crippen LogP contribution is 2.37. The molecule has 0 amide bonds. The van der Waals surface area contributed by atoms with Crippen molar-refractivity contribution in [3.05, 3.63) is 65.2 Å². The lowest BCUT2D eigenvalue weighted by Gasteiger charge is -2.14. The van der Waals surface area contributed by atoms with Crippen LogP contribution in [0.4, 0.5) is 32.8 Å². The van der Waals surface area contributed by atoms with Gasteiger partial charge in [-0.25, -0.2) is 13.8 Å². The van der Waals surface area contributed by atoms with E-state index in [-0.39, 0.29) is 11.1 Å². The van der Waals surface area contributed by atoms with Crippen molar-refractivity contribution < 1.29 is 22.0 Å². The lowest BCUT2D eigenvalue weighted by molar-refractivity contribution is -0.137. The molecule has 0 bridgehead atoms. The maximum atomic E-state index is 13.5. The van der Waals surface area contributed by atoms with E-state index in [1.807, 2.05) is 0 Å². The van der Waals surface area contributed by atoms with Crippen LogP contribution in [0.3, 0.4) is 0 Å². The number of benzene rings is 2. The fourth-order valence-electron chi connectivity index (χ4n) is 2.13. The molecule has 2 nitrogen and oxygen atoms in total. The van der Waals surface area contributed by atoms with Gasteiger partial charge in [-0.2, -0.15) is 13.2 Å². The Morgan fingerprint density at radius 3 is 2.38 bits per heavy atom. The van der Waals surface area contributed by atoms with Crippen molar-refractivity contribution >= 4 is 22.2 Å². The van der Waals surface area contributed by atoms with Crippen LogP contribution in [0.2, 0.25) is 0 Å². The summed E-state index contributed by atoms with van der Waals surface area (Å²) in [6.07, 6.45) is -3.01. The number of alkyl halides is 3. The Labute approximate surface area is 137 Å². The van der Waals surface area contributed by atoms with Gasteiger partial charge in [0.1, 0.15) is 0 Å². The molecule has 0 radical (unpaired) electrons. The first kappa shape index (κ1) is 16.4. The highest BCUT2D eigenvalue weighted by Gasteiger charge is 2.31. The molecule has 3 aromatic rings. The topological polar surface area (TPSA) is 24.9 Å². The van der Waals surface area contributed by atoms with E-state index in [1.165, 1.54) is 29.7 Å². The maximum absolute atomic E-state index is 13.5. The zero-order valence-corrected chi connectivity index (χ0v) is 12.7. The van der Waals surface area contributed by atoms with E-state index < -0.39 is 23.4 Å². The summed E-state index contributed by atoms with van der Waals surface area (Å²) in [6, 6.07) is 6.00. The van der Waals surface area contributed by atoms with Crippen molar-refractivity contribution in [3.8, 4) is 11.1 Å². The van der Waals surface area contributed by atoms with Crippen molar-refractivity contribution in [2.24, 2.45) is 0 Å². The highest BCUT2D eigenvalue weighted by molar-refractivity contribution is 7.13. The van der Waals surface area contributed by atoms with E-state index in [4.69, 9.17) is 0 Å². The molecule has 24 heavy (non-hydrogen) atoms. The summed E-state index contributed by atoms with van der Waals surface area (Å²) in [5.74, 6) is -2.20. The van der Waals surface area contributed by atoms with Crippen LogP contribution in [0.5, 0.6) is 0 Å². The lowest BCUT2D eigenvalue weighted by Crippen LogP contribution is -2.06. The highest BCUT2D eigenvalue weighted by atomic mass is 32.1. The van der Waals surface area contributed by atoms with Crippen molar-refractivity contribution in [1.29, 1.82) is 0 Å². The van der Waals surface area contributed by atoms with Gasteiger partial charge in [-0.15, -0.1) is 11.3 Å². The van der Waals surface area contributed by atoms with Gasteiger partial charge in [0.25, 0.3) is 0 Å². The monoisotopic (exact) mass is 356 g/mol. The van der Waals surface area contributed by atoms with Gasteiger partial charge in [0.05, 0.1) is 5.56 Å². The van der Waals surface area contributed by atoms with E-state index in [9.17, 15) is 22.0 Å². The Hall–Kier alpha value is -2.48.